The van der Waals surface area contributed by atoms with E-state index in [1.807, 2.05) is 24.0 Å². The van der Waals surface area contributed by atoms with Crippen LogP contribution in [0.2, 0.25) is 0 Å². The van der Waals surface area contributed by atoms with Crippen molar-refractivity contribution in [2.45, 2.75) is 25.2 Å². The third kappa shape index (κ3) is 3.52. The second-order valence-electron chi connectivity index (χ2n) is 5.88. The van der Waals surface area contributed by atoms with Crippen LogP contribution in [0.1, 0.15) is 30.6 Å². The van der Waals surface area contributed by atoms with E-state index in [0.717, 1.165) is 10.9 Å². The average Bonchev–Trinajstić information content (AvgIpc) is 2.60. The van der Waals surface area contributed by atoms with Crippen LogP contribution in [0.5, 0.6) is 0 Å². The number of sulfonamides is 1. The molecule has 6 nitrogen and oxygen atoms in total. The number of hydrogen-bond acceptors (Lipinski definition) is 4. The lowest BCUT2D eigenvalue weighted by atomic mass is 10.1. The summed E-state index contributed by atoms with van der Waals surface area (Å²) >= 11 is 3.37. The molecule has 1 amide bonds. The number of hydrogen-bond donors (Lipinski definition) is 1. The first-order valence-electron chi connectivity index (χ1n) is 8.12. The minimum absolute atomic E-state index is 0.0522. The van der Waals surface area contributed by atoms with Crippen LogP contribution in [0.25, 0.3) is 0 Å². The number of fused-ring (bicyclic) bond motifs is 1. The molecular formula is C18H18BrN3O3S. The number of amidine groups is 1. The first-order valence-corrected chi connectivity index (χ1v) is 10.4. The summed E-state index contributed by atoms with van der Waals surface area (Å²) in [5, 5.41) is 2.78. The highest BCUT2D eigenvalue weighted by Crippen LogP contribution is 2.33. The molecule has 136 valence electrons. The van der Waals surface area contributed by atoms with Crippen molar-refractivity contribution in [3.05, 3.63) is 52.5 Å². The molecule has 2 aromatic carbocycles. The highest BCUT2D eigenvalue weighted by Gasteiger charge is 2.29. The number of para-hydroxylation sites is 1. The van der Waals surface area contributed by atoms with E-state index in [-0.39, 0.29) is 16.4 Å². The van der Waals surface area contributed by atoms with Crippen LogP contribution in [0, 0.1) is 0 Å². The molecule has 1 N–H and O–H groups in total. The number of nitrogens with zero attached hydrogens (tertiary/aromatic N) is 2. The van der Waals surface area contributed by atoms with Gasteiger partial charge in [-0.25, -0.2) is 0 Å². The molecule has 0 spiro atoms. The molecule has 0 unspecified atom stereocenters. The lowest BCUT2D eigenvalue weighted by molar-refractivity contribution is 0.102. The summed E-state index contributed by atoms with van der Waals surface area (Å²) in [4.78, 5) is 14.5. The monoisotopic (exact) mass is 435 g/mol. The smallest absolute Gasteiger partial charge is 0.286 e. The highest BCUT2D eigenvalue weighted by molar-refractivity contribution is 9.10. The summed E-state index contributed by atoms with van der Waals surface area (Å²) in [5.41, 5.74) is 1.42. The van der Waals surface area contributed by atoms with Crippen molar-refractivity contribution in [2.24, 2.45) is 4.40 Å². The largest absolute Gasteiger partial charge is 0.328 e. The summed E-state index contributed by atoms with van der Waals surface area (Å²) in [6, 6.07) is 11.9. The van der Waals surface area contributed by atoms with Gasteiger partial charge in [0.1, 0.15) is 10.7 Å². The van der Waals surface area contributed by atoms with Gasteiger partial charge in [0, 0.05) is 16.6 Å². The summed E-state index contributed by atoms with van der Waals surface area (Å²) in [6.07, 6.45) is 0.844. The maximum atomic E-state index is 12.6. The van der Waals surface area contributed by atoms with Gasteiger partial charge in [0.05, 0.1) is 11.4 Å². The maximum absolute atomic E-state index is 12.6. The number of nitrogens with one attached hydrogen (secondary N) is 1. The normalized spacial score (nSPS) is 15.2. The average molecular weight is 436 g/mol. The molecule has 0 radical (unpaired) electrons. The molecule has 0 fully saturated rings. The molecule has 2 aromatic rings. The molecule has 1 aliphatic heterocycles. The quantitative estimate of drug-likeness (QED) is 0.785. The van der Waals surface area contributed by atoms with Gasteiger partial charge in [-0.2, -0.15) is 8.42 Å². The molecule has 0 bridgehead atoms. The van der Waals surface area contributed by atoms with E-state index >= 15 is 0 Å². The number of carbonyl (C=O) groups excluding carboxylic acids is 1. The lowest BCUT2D eigenvalue weighted by Crippen LogP contribution is -2.34. The Hall–Kier alpha value is -2.19. The van der Waals surface area contributed by atoms with E-state index in [0.29, 0.717) is 23.8 Å². The van der Waals surface area contributed by atoms with Gasteiger partial charge in [-0.05, 0) is 59.6 Å². The fourth-order valence-electron chi connectivity index (χ4n) is 2.79. The second-order valence-corrected chi connectivity index (χ2v) is 8.31. The standard InChI is InChI=1S/C18H18BrN3O3S/c1-3-10-22-12(2)21-26(24,25)17-11-13(8-9-16(17)22)18(23)20-15-7-5-4-6-14(15)19/h4-9,11H,3,10H2,1-2H3,(H,20,23). The second kappa shape index (κ2) is 7.20. The van der Waals surface area contributed by atoms with E-state index in [2.05, 4.69) is 25.6 Å². The molecule has 0 aliphatic carbocycles. The zero-order valence-corrected chi connectivity index (χ0v) is 16.8. The summed E-state index contributed by atoms with van der Waals surface area (Å²) < 4.78 is 29.5. The lowest BCUT2D eigenvalue weighted by Gasteiger charge is -2.29. The third-order valence-electron chi connectivity index (χ3n) is 4.00. The molecule has 0 aromatic heterocycles. The Bertz CT molecular complexity index is 1000. The molecule has 1 aliphatic rings. The Morgan fingerprint density at radius 1 is 1.23 bits per heavy atom. The van der Waals surface area contributed by atoms with Crippen molar-refractivity contribution in [1.29, 1.82) is 0 Å². The van der Waals surface area contributed by atoms with Crippen LogP contribution in [-0.2, 0) is 10.0 Å². The van der Waals surface area contributed by atoms with Crippen LogP contribution < -0.4 is 10.2 Å². The number of anilines is 2. The van der Waals surface area contributed by atoms with Crippen LogP contribution in [0.15, 0.2) is 56.2 Å². The molecule has 0 saturated heterocycles. The van der Waals surface area contributed by atoms with E-state index in [4.69, 9.17) is 0 Å². The van der Waals surface area contributed by atoms with Crippen molar-refractivity contribution in [2.75, 3.05) is 16.8 Å². The molecule has 26 heavy (non-hydrogen) atoms. The van der Waals surface area contributed by atoms with Crippen molar-refractivity contribution in [1.82, 2.24) is 0 Å². The van der Waals surface area contributed by atoms with Crippen LogP contribution in [0.3, 0.4) is 0 Å². The topological polar surface area (TPSA) is 78.8 Å². The Labute approximate surface area is 161 Å². The van der Waals surface area contributed by atoms with Crippen molar-refractivity contribution < 1.29 is 13.2 Å². The van der Waals surface area contributed by atoms with Gasteiger partial charge in [-0.1, -0.05) is 19.1 Å². The molecule has 8 heteroatoms. The van der Waals surface area contributed by atoms with Gasteiger partial charge in [-0.3, -0.25) is 4.79 Å². The van der Waals surface area contributed by atoms with E-state index < -0.39 is 10.0 Å². The molecule has 3 rings (SSSR count). The van der Waals surface area contributed by atoms with E-state index in [1.54, 1.807) is 31.2 Å². The summed E-state index contributed by atoms with van der Waals surface area (Å²) in [7, 11) is -3.82. The van der Waals surface area contributed by atoms with Gasteiger partial charge >= 0.3 is 0 Å². The zero-order chi connectivity index (χ0) is 18.9. The third-order valence-corrected chi connectivity index (χ3v) is 6.08. The van der Waals surface area contributed by atoms with E-state index in [9.17, 15) is 13.2 Å². The number of halogens is 1. The number of amides is 1. The first-order chi connectivity index (χ1) is 12.3. The Morgan fingerprint density at radius 3 is 2.65 bits per heavy atom. The van der Waals surface area contributed by atoms with Gasteiger partial charge in [-0.15, -0.1) is 4.40 Å². The van der Waals surface area contributed by atoms with Crippen LogP contribution in [-0.4, -0.2) is 26.7 Å². The Kier molecular flexibility index (Phi) is 5.15. The fourth-order valence-corrected chi connectivity index (χ4v) is 4.44. The predicted molar refractivity (Wildman–Crippen MR) is 106 cm³/mol. The Morgan fingerprint density at radius 2 is 1.96 bits per heavy atom. The summed E-state index contributed by atoms with van der Waals surface area (Å²) in [5.74, 6) is 0.0491. The van der Waals surface area contributed by atoms with Crippen molar-refractivity contribution in [3.63, 3.8) is 0 Å². The van der Waals surface area contributed by atoms with Gasteiger partial charge < -0.3 is 10.2 Å². The number of rotatable bonds is 4. The highest BCUT2D eigenvalue weighted by atomic mass is 79.9. The number of benzene rings is 2. The van der Waals surface area contributed by atoms with Crippen molar-refractivity contribution in [3.8, 4) is 0 Å². The van der Waals surface area contributed by atoms with Gasteiger partial charge in [0.15, 0.2) is 0 Å². The summed E-state index contributed by atoms with van der Waals surface area (Å²) in [6.45, 7) is 4.33. The minimum Gasteiger partial charge on any atom is -0.328 e. The van der Waals surface area contributed by atoms with E-state index in [1.165, 1.54) is 6.07 Å². The fraction of sp³-hybridized carbons (Fsp3) is 0.222. The van der Waals surface area contributed by atoms with Gasteiger partial charge in [0.2, 0.25) is 0 Å². The molecule has 0 saturated carbocycles. The Balaban J connectivity index is 1.99. The molecule has 1 heterocycles. The van der Waals surface area contributed by atoms with Crippen LogP contribution in [0.4, 0.5) is 11.4 Å². The molecule has 0 atom stereocenters. The number of carbonyl (C=O) groups is 1. The van der Waals surface area contributed by atoms with Gasteiger partial charge in [0.25, 0.3) is 15.9 Å². The SMILES string of the molecule is CCCN1C(C)=NS(=O)(=O)c2cc(C(=O)Nc3ccccc3Br)ccc21. The van der Waals surface area contributed by atoms with Crippen molar-refractivity contribution >= 4 is 49.1 Å². The predicted octanol–water partition coefficient (Wildman–Crippen LogP) is 4.04. The first kappa shape index (κ1) is 18.6. The molecular weight excluding hydrogens is 418 g/mol. The minimum atomic E-state index is -3.82. The maximum Gasteiger partial charge on any atom is 0.286 e. The zero-order valence-electron chi connectivity index (χ0n) is 14.4. The van der Waals surface area contributed by atoms with Crippen LogP contribution >= 0.6 is 15.9 Å².